The molecule has 1 amide bonds. The van der Waals surface area contributed by atoms with Gasteiger partial charge in [0.2, 0.25) is 5.91 Å². The Morgan fingerprint density at radius 3 is 2.79 bits per heavy atom. The fourth-order valence-electron chi connectivity index (χ4n) is 6.88. The second-order valence-corrected chi connectivity index (χ2v) is 8.80. The van der Waals surface area contributed by atoms with Crippen molar-refractivity contribution in [2.75, 3.05) is 24.6 Å². The SMILES string of the molecule is C/C=C1/CN2CC[C@]34c5ccccc5N(C(C)=O)[C@H]3[C@@H](COC(C)=O)[C@H]1C[C@H]24. The Morgan fingerprint density at radius 2 is 2.07 bits per heavy atom. The largest absolute Gasteiger partial charge is 0.465 e. The van der Waals surface area contributed by atoms with E-state index in [-0.39, 0.29) is 29.3 Å². The van der Waals surface area contributed by atoms with Crippen molar-refractivity contribution in [3.63, 3.8) is 0 Å². The lowest BCUT2D eigenvalue weighted by atomic mass is 9.55. The van der Waals surface area contributed by atoms with Crippen LogP contribution in [0.3, 0.4) is 0 Å². The molecule has 2 bridgehead atoms. The minimum Gasteiger partial charge on any atom is -0.465 e. The lowest BCUT2D eigenvalue weighted by Crippen LogP contribution is -2.65. The molecule has 0 unspecified atom stereocenters. The van der Waals surface area contributed by atoms with Gasteiger partial charge >= 0.3 is 5.97 Å². The second-order valence-electron chi connectivity index (χ2n) is 8.80. The third kappa shape index (κ3) is 2.17. The van der Waals surface area contributed by atoms with Crippen molar-refractivity contribution in [3.05, 3.63) is 41.5 Å². The van der Waals surface area contributed by atoms with Crippen LogP contribution in [0.2, 0.25) is 0 Å². The summed E-state index contributed by atoms with van der Waals surface area (Å²) in [6.07, 6.45) is 4.39. The van der Waals surface area contributed by atoms with Crippen LogP contribution in [0.25, 0.3) is 0 Å². The molecule has 5 atom stereocenters. The first-order chi connectivity index (χ1) is 13.5. The standard InChI is InChI=1S/C23H28N2O3/c1-4-16-12-24-10-9-23-19-7-5-6-8-20(19)25(14(2)26)22(23)18(13-28-15(3)27)17(16)11-21(23)24/h4-8,17-18,21-22H,9-13H2,1-3H3/b16-4-/t17-,18-,21-,22-,23+/m0/s1. The molecule has 5 nitrogen and oxygen atoms in total. The van der Waals surface area contributed by atoms with Crippen molar-refractivity contribution < 1.29 is 14.3 Å². The zero-order valence-electron chi connectivity index (χ0n) is 16.9. The molecule has 1 aromatic rings. The summed E-state index contributed by atoms with van der Waals surface area (Å²) in [5.74, 6) is 0.329. The molecule has 0 N–H and O–H groups in total. The molecule has 3 fully saturated rings. The number of rotatable bonds is 2. The van der Waals surface area contributed by atoms with Crippen LogP contribution in [0, 0.1) is 11.8 Å². The number of anilines is 1. The molecule has 3 aliphatic heterocycles. The Morgan fingerprint density at radius 1 is 1.29 bits per heavy atom. The van der Waals surface area contributed by atoms with E-state index in [1.807, 2.05) is 11.0 Å². The van der Waals surface area contributed by atoms with Crippen molar-refractivity contribution in [1.82, 2.24) is 4.90 Å². The van der Waals surface area contributed by atoms with E-state index in [4.69, 9.17) is 4.74 Å². The maximum Gasteiger partial charge on any atom is 0.302 e. The van der Waals surface area contributed by atoms with Crippen molar-refractivity contribution in [3.8, 4) is 0 Å². The van der Waals surface area contributed by atoms with Gasteiger partial charge in [-0.2, -0.15) is 0 Å². The van der Waals surface area contributed by atoms with Crippen LogP contribution >= 0.6 is 0 Å². The predicted molar refractivity (Wildman–Crippen MR) is 107 cm³/mol. The lowest BCUT2D eigenvalue weighted by Gasteiger charge is -2.56. The Kier molecular flexibility index (Phi) is 3.96. The number of esters is 1. The smallest absolute Gasteiger partial charge is 0.302 e. The monoisotopic (exact) mass is 380 g/mol. The highest BCUT2D eigenvalue weighted by Crippen LogP contribution is 2.63. The average Bonchev–Trinajstić information content (AvgIpc) is 3.21. The van der Waals surface area contributed by atoms with Gasteiger partial charge < -0.3 is 9.64 Å². The number of hydrogen-bond acceptors (Lipinski definition) is 4. The fraction of sp³-hybridized carbons (Fsp3) is 0.565. The number of ether oxygens (including phenoxy) is 1. The highest BCUT2D eigenvalue weighted by molar-refractivity contribution is 5.96. The van der Waals surface area contributed by atoms with E-state index in [9.17, 15) is 9.59 Å². The Labute approximate surface area is 166 Å². The molecule has 1 aliphatic carbocycles. The molecule has 28 heavy (non-hydrogen) atoms. The molecule has 2 saturated heterocycles. The number of nitrogens with zero attached hydrogens (tertiary/aromatic N) is 2. The van der Waals surface area contributed by atoms with Crippen LogP contribution < -0.4 is 4.90 Å². The van der Waals surface area contributed by atoms with E-state index < -0.39 is 0 Å². The molecular weight excluding hydrogens is 352 g/mol. The van der Waals surface area contributed by atoms with E-state index >= 15 is 0 Å². The highest BCUT2D eigenvalue weighted by Gasteiger charge is 2.67. The van der Waals surface area contributed by atoms with Crippen molar-refractivity contribution in [1.29, 1.82) is 0 Å². The fourth-order valence-corrected chi connectivity index (χ4v) is 6.88. The van der Waals surface area contributed by atoms with Gasteiger partial charge in [0.05, 0.1) is 12.6 Å². The molecule has 0 radical (unpaired) electrons. The van der Waals surface area contributed by atoms with E-state index in [0.29, 0.717) is 18.6 Å². The summed E-state index contributed by atoms with van der Waals surface area (Å²) in [6, 6.07) is 8.94. The summed E-state index contributed by atoms with van der Waals surface area (Å²) in [7, 11) is 0. The number of carbonyl (C=O) groups is 2. The van der Waals surface area contributed by atoms with Crippen LogP contribution in [-0.4, -0.2) is 48.6 Å². The van der Waals surface area contributed by atoms with E-state index in [0.717, 1.165) is 31.6 Å². The number of para-hydroxylation sites is 1. The minimum absolute atomic E-state index is 0.0470. The minimum atomic E-state index is -0.244. The lowest BCUT2D eigenvalue weighted by molar-refractivity contribution is -0.144. The van der Waals surface area contributed by atoms with Crippen molar-refractivity contribution in [2.24, 2.45) is 11.8 Å². The summed E-state index contributed by atoms with van der Waals surface area (Å²) in [4.78, 5) is 29.2. The normalized spacial score (nSPS) is 37.0. The van der Waals surface area contributed by atoms with Crippen molar-refractivity contribution >= 4 is 17.6 Å². The van der Waals surface area contributed by atoms with Crippen LogP contribution in [0.4, 0.5) is 5.69 Å². The highest BCUT2D eigenvalue weighted by atomic mass is 16.5. The van der Waals surface area contributed by atoms with Crippen LogP contribution in [0.5, 0.6) is 0 Å². The Balaban J connectivity index is 1.71. The van der Waals surface area contributed by atoms with E-state index in [2.05, 4.69) is 36.1 Å². The van der Waals surface area contributed by atoms with E-state index in [1.165, 1.54) is 18.1 Å². The van der Waals surface area contributed by atoms with Gasteiger partial charge in [-0.25, -0.2) is 0 Å². The molecule has 1 aromatic carbocycles. The first kappa shape index (κ1) is 17.9. The zero-order chi connectivity index (χ0) is 19.6. The number of carbonyl (C=O) groups excluding carboxylic acids is 2. The number of benzene rings is 1. The first-order valence-electron chi connectivity index (χ1n) is 10.4. The molecule has 5 heteroatoms. The van der Waals surface area contributed by atoms with Crippen LogP contribution in [0.1, 0.15) is 39.2 Å². The number of amides is 1. The summed E-state index contributed by atoms with van der Waals surface area (Å²) < 4.78 is 5.59. The number of piperidine rings is 1. The van der Waals surface area contributed by atoms with Gasteiger partial charge in [0.1, 0.15) is 0 Å². The molecule has 3 heterocycles. The maximum atomic E-state index is 12.9. The summed E-state index contributed by atoms with van der Waals surface area (Å²) in [6.45, 7) is 7.70. The van der Waals surface area contributed by atoms with Gasteiger partial charge in [0.15, 0.2) is 0 Å². The number of fused-ring (bicyclic) bond motifs is 2. The van der Waals surface area contributed by atoms with Gasteiger partial charge in [-0.1, -0.05) is 29.8 Å². The molecule has 1 saturated carbocycles. The third-order valence-electron chi connectivity index (χ3n) is 7.77. The van der Waals surface area contributed by atoms with Crippen molar-refractivity contribution in [2.45, 2.75) is 51.1 Å². The molecule has 4 aliphatic rings. The average molecular weight is 380 g/mol. The molecule has 148 valence electrons. The second kappa shape index (κ2) is 6.18. The number of hydrogen-bond donors (Lipinski definition) is 0. The predicted octanol–water partition coefficient (Wildman–Crippen LogP) is 2.89. The summed E-state index contributed by atoms with van der Waals surface area (Å²) >= 11 is 0. The van der Waals surface area contributed by atoms with Gasteiger partial charge in [0, 0.05) is 43.5 Å². The molecular formula is C23H28N2O3. The number of allylic oxidation sites excluding steroid dienone is 1. The molecule has 1 spiro atoms. The summed E-state index contributed by atoms with van der Waals surface area (Å²) in [5, 5.41) is 0. The summed E-state index contributed by atoms with van der Waals surface area (Å²) in [5.41, 5.74) is 3.76. The topological polar surface area (TPSA) is 49.9 Å². The van der Waals surface area contributed by atoms with Gasteiger partial charge in [0.25, 0.3) is 0 Å². The van der Waals surface area contributed by atoms with Gasteiger partial charge in [-0.3, -0.25) is 14.5 Å². The van der Waals surface area contributed by atoms with Crippen LogP contribution in [0.15, 0.2) is 35.9 Å². The zero-order valence-corrected chi connectivity index (χ0v) is 16.9. The van der Waals surface area contributed by atoms with E-state index in [1.54, 1.807) is 6.92 Å². The molecule has 0 aromatic heterocycles. The molecule has 5 rings (SSSR count). The third-order valence-corrected chi connectivity index (χ3v) is 7.77. The van der Waals surface area contributed by atoms with Gasteiger partial charge in [-0.05, 0) is 43.9 Å². The van der Waals surface area contributed by atoms with Crippen LogP contribution in [-0.2, 0) is 19.7 Å². The Bertz CT molecular complexity index is 878. The maximum absolute atomic E-state index is 12.9. The first-order valence-corrected chi connectivity index (χ1v) is 10.4. The quantitative estimate of drug-likeness (QED) is 0.585. The Hall–Kier alpha value is -2.14. The van der Waals surface area contributed by atoms with Gasteiger partial charge in [-0.15, -0.1) is 0 Å².